The molecule has 0 heterocycles. The lowest BCUT2D eigenvalue weighted by molar-refractivity contribution is -0.133. The fourth-order valence-electron chi connectivity index (χ4n) is 1.55. The SMILES string of the molecule is CCNCc1cccc(OCC(=O)N(C)C(C)C)c1. The molecule has 0 unspecified atom stereocenters. The Morgan fingerprint density at radius 2 is 2.16 bits per heavy atom. The number of benzene rings is 1. The Kier molecular flexibility index (Phi) is 6.36. The number of amides is 1. The molecule has 0 spiro atoms. The highest BCUT2D eigenvalue weighted by Gasteiger charge is 2.12. The molecule has 4 heteroatoms. The largest absolute Gasteiger partial charge is 0.484 e. The van der Waals surface area contributed by atoms with Crippen LogP contribution in [-0.4, -0.2) is 37.0 Å². The molecule has 0 saturated carbocycles. The number of nitrogens with one attached hydrogen (secondary N) is 1. The van der Waals surface area contributed by atoms with Gasteiger partial charge in [0.2, 0.25) is 0 Å². The summed E-state index contributed by atoms with van der Waals surface area (Å²) < 4.78 is 5.54. The van der Waals surface area contributed by atoms with Gasteiger partial charge in [0.15, 0.2) is 6.61 Å². The van der Waals surface area contributed by atoms with Gasteiger partial charge in [-0.05, 0) is 38.1 Å². The van der Waals surface area contributed by atoms with Crippen LogP contribution in [0.1, 0.15) is 26.3 Å². The van der Waals surface area contributed by atoms with Gasteiger partial charge < -0.3 is 15.0 Å². The molecular formula is C15H24N2O2. The quantitative estimate of drug-likeness (QED) is 0.819. The minimum atomic E-state index is -0.00733. The Morgan fingerprint density at radius 1 is 1.42 bits per heavy atom. The number of rotatable bonds is 7. The molecule has 0 bridgehead atoms. The molecule has 1 amide bonds. The van der Waals surface area contributed by atoms with Crippen LogP contribution in [0.2, 0.25) is 0 Å². The Hall–Kier alpha value is -1.55. The minimum absolute atomic E-state index is 0.00733. The third-order valence-electron chi connectivity index (χ3n) is 3.01. The smallest absolute Gasteiger partial charge is 0.260 e. The normalized spacial score (nSPS) is 10.6. The average molecular weight is 264 g/mol. The van der Waals surface area contributed by atoms with Crippen LogP contribution in [0.25, 0.3) is 0 Å². The number of likely N-dealkylation sites (N-methyl/N-ethyl adjacent to an activating group) is 1. The van der Waals surface area contributed by atoms with E-state index in [1.807, 2.05) is 38.1 Å². The number of hydrogen-bond acceptors (Lipinski definition) is 3. The van der Waals surface area contributed by atoms with Crippen molar-refractivity contribution in [1.82, 2.24) is 10.2 Å². The zero-order valence-electron chi connectivity index (χ0n) is 12.3. The van der Waals surface area contributed by atoms with Gasteiger partial charge in [0, 0.05) is 19.6 Å². The molecule has 0 aromatic heterocycles. The lowest BCUT2D eigenvalue weighted by atomic mass is 10.2. The maximum Gasteiger partial charge on any atom is 0.260 e. The summed E-state index contributed by atoms with van der Waals surface area (Å²) in [7, 11) is 1.79. The molecule has 106 valence electrons. The van der Waals surface area contributed by atoms with Crippen molar-refractivity contribution in [2.45, 2.75) is 33.4 Å². The summed E-state index contributed by atoms with van der Waals surface area (Å²) in [5.74, 6) is 0.730. The van der Waals surface area contributed by atoms with E-state index >= 15 is 0 Å². The third kappa shape index (κ3) is 5.30. The standard InChI is InChI=1S/C15H24N2O2/c1-5-16-10-13-7-6-8-14(9-13)19-11-15(18)17(4)12(2)3/h6-9,12,16H,5,10-11H2,1-4H3. The highest BCUT2D eigenvalue weighted by atomic mass is 16.5. The van der Waals surface area contributed by atoms with Crippen LogP contribution < -0.4 is 10.1 Å². The first-order valence-corrected chi connectivity index (χ1v) is 6.72. The number of ether oxygens (including phenoxy) is 1. The molecular weight excluding hydrogens is 240 g/mol. The maximum atomic E-state index is 11.8. The average Bonchev–Trinajstić information content (AvgIpc) is 2.42. The molecule has 0 aliphatic rings. The topological polar surface area (TPSA) is 41.6 Å². The second kappa shape index (κ2) is 7.79. The zero-order chi connectivity index (χ0) is 14.3. The van der Waals surface area contributed by atoms with E-state index in [1.54, 1.807) is 11.9 Å². The minimum Gasteiger partial charge on any atom is -0.484 e. The summed E-state index contributed by atoms with van der Waals surface area (Å²) >= 11 is 0. The van der Waals surface area contributed by atoms with Crippen LogP contribution in [0.3, 0.4) is 0 Å². The van der Waals surface area contributed by atoms with Crippen LogP contribution in [0.15, 0.2) is 24.3 Å². The van der Waals surface area contributed by atoms with Crippen molar-refractivity contribution in [1.29, 1.82) is 0 Å². The van der Waals surface area contributed by atoms with Gasteiger partial charge in [-0.2, -0.15) is 0 Å². The lowest BCUT2D eigenvalue weighted by Crippen LogP contribution is -2.36. The van der Waals surface area contributed by atoms with Gasteiger partial charge in [0.05, 0.1) is 0 Å². The van der Waals surface area contributed by atoms with Crippen LogP contribution in [0.4, 0.5) is 0 Å². The molecule has 0 saturated heterocycles. The van der Waals surface area contributed by atoms with E-state index in [2.05, 4.69) is 12.2 Å². The van der Waals surface area contributed by atoms with Gasteiger partial charge in [0.25, 0.3) is 5.91 Å². The summed E-state index contributed by atoms with van der Waals surface area (Å²) in [6.07, 6.45) is 0. The number of carbonyl (C=O) groups excluding carboxylic acids is 1. The molecule has 1 rings (SSSR count). The second-order valence-electron chi connectivity index (χ2n) is 4.81. The highest BCUT2D eigenvalue weighted by molar-refractivity contribution is 5.77. The summed E-state index contributed by atoms with van der Waals surface area (Å²) in [5.41, 5.74) is 1.16. The summed E-state index contributed by atoms with van der Waals surface area (Å²) in [5, 5.41) is 3.26. The molecule has 0 aliphatic carbocycles. The highest BCUT2D eigenvalue weighted by Crippen LogP contribution is 2.13. The number of nitrogens with zero attached hydrogens (tertiary/aromatic N) is 1. The first-order valence-electron chi connectivity index (χ1n) is 6.72. The Labute approximate surface area is 115 Å². The van der Waals surface area contributed by atoms with Crippen LogP contribution in [0, 0.1) is 0 Å². The van der Waals surface area contributed by atoms with Crippen LogP contribution in [-0.2, 0) is 11.3 Å². The fourth-order valence-corrected chi connectivity index (χ4v) is 1.55. The van der Waals surface area contributed by atoms with Crippen molar-refractivity contribution >= 4 is 5.91 Å². The van der Waals surface area contributed by atoms with Crippen molar-refractivity contribution < 1.29 is 9.53 Å². The predicted octanol–water partition coefficient (Wildman–Crippen LogP) is 2.04. The molecule has 1 aromatic carbocycles. The Balaban J connectivity index is 2.51. The molecule has 0 atom stereocenters. The Morgan fingerprint density at radius 3 is 2.79 bits per heavy atom. The predicted molar refractivity (Wildman–Crippen MR) is 77.2 cm³/mol. The van der Waals surface area contributed by atoms with Crippen molar-refractivity contribution in [2.75, 3.05) is 20.2 Å². The lowest BCUT2D eigenvalue weighted by Gasteiger charge is -2.21. The zero-order valence-corrected chi connectivity index (χ0v) is 12.3. The molecule has 1 aromatic rings. The van der Waals surface area contributed by atoms with Gasteiger partial charge >= 0.3 is 0 Å². The molecule has 0 aliphatic heterocycles. The van der Waals surface area contributed by atoms with Gasteiger partial charge in [0.1, 0.15) is 5.75 Å². The molecule has 4 nitrogen and oxygen atoms in total. The second-order valence-corrected chi connectivity index (χ2v) is 4.81. The van der Waals surface area contributed by atoms with E-state index in [4.69, 9.17) is 4.74 Å². The summed E-state index contributed by atoms with van der Waals surface area (Å²) in [4.78, 5) is 13.5. The number of hydrogen-bond donors (Lipinski definition) is 1. The van der Waals surface area contributed by atoms with E-state index in [0.29, 0.717) is 0 Å². The first-order chi connectivity index (χ1) is 9.04. The van der Waals surface area contributed by atoms with Crippen molar-refractivity contribution in [3.05, 3.63) is 29.8 Å². The summed E-state index contributed by atoms with van der Waals surface area (Å²) in [6.45, 7) is 7.86. The van der Waals surface area contributed by atoms with Crippen molar-refractivity contribution in [2.24, 2.45) is 0 Å². The van der Waals surface area contributed by atoms with Gasteiger partial charge in [-0.1, -0.05) is 19.1 Å². The van der Waals surface area contributed by atoms with E-state index in [0.717, 1.165) is 24.4 Å². The summed E-state index contributed by atoms with van der Waals surface area (Å²) in [6, 6.07) is 8.01. The first kappa shape index (κ1) is 15.5. The van der Waals surface area contributed by atoms with Gasteiger partial charge in [-0.3, -0.25) is 4.79 Å². The van der Waals surface area contributed by atoms with Gasteiger partial charge in [-0.15, -0.1) is 0 Å². The molecule has 1 N–H and O–H groups in total. The molecule has 0 radical (unpaired) electrons. The third-order valence-corrected chi connectivity index (χ3v) is 3.01. The fraction of sp³-hybridized carbons (Fsp3) is 0.533. The molecule has 0 fully saturated rings. The van der Waals surface area contributed by atoms with E-state index in [1.165, 1.54) is 0 Å². The van der Waals surface area contributed by atoms with Crippen molar-refractivity contribution in [3.63, 3.8) is 0 Å². The van der Waals surface area contributed by atoms with E-state index in [9.17, 15) is 4.79 Å². The van der Waals surface area contributed by atoms with E-state index < -0.39 is 0 Å². The van der Waals surface area contributed by atoms with E-state index in [-0.39, 0.29) is 18.6 Å². The Bertz CT molecular complexity index is 405. The van der Waals surface area contributed by atoms with Crippen LogP contribution >= 0.6 is 0 Å². The monoisotopic (exact) mass is 264 g/mol. The van der Waals surface area contributed by atoms with Crippen molar-refractivity contribution in [3.8, 4) is 5.75 Å². The van der Waals surface area contributed by atoms with Crippen LogP contribution in [0.5, 0.6) is 5.75 Å². The van der Waals surface area contributed by atoms with Gasteiger partial charge in [-0.25, -0.2) is 0 Å². The number of carbonyl (C=O) groups is 1. The maximum absolute atomic E-state index is 11.8. The molecule has 19 heavy (non-hydrogen) atoms.